The highest BCUT2D eigenvalue weighted by Gasteiger charge is 2.39. The van der Waals surface area contributed by atoms with Crippen LogP contribution in [0.4, 0.5) is 18.9 Å². The third kappa shape index (κ3) is 6.89. The summed E-state index contributed by atoms with van der Waals surface area (Å²) in [6, 6.07) is 14.9. The molecule has 3 amide bonds. The highest BCUT2D eigenvalue weighted by molar-refractivity contribution is 7.91. The fraction of sp³-hybridized carbons (Fsp3) is 0.355. The van der Waals surface area contributed by atoms with E-state index < -0.39 is 45.8 Å². The first-order valence-corrected chi connectivity index (χ1v) is 17.2. The summed E-state index contributed by atoms with van der Waals surface area (Å²) in [7, 11) is -3.08. The molecule has 2 atom stereocenters. The number of nitrogens with zero attached hydrogens (tertiary/aromatic N) is 4. The second kappa shape index (κ2) is 12.7. The molecule has 0 aliphatic carbocycles. The van der Waals surface area contributed by atoms with Gasteiger partial charge in [-0.05, 0) is 66.8 Å². The van der Waals surface area contributed by atoms with Crippen LogP contribution in [0.5, 0.6) is 0 Å². The normalized spacial score (nSPS) is 19.0. The lowest BCUT2D eigenvalue weighted by Gasteiger charge is -2.33. The molecule has 47 heavy (non-hydrogen) atoms. The monoisotopic (exact) mass is 688 g/mol. The molecule has 2 unspecified atom stereocenters. The van der Waals surface area contributed by atoms with Gasteiger partial charge in [0, 0.05) is 25.8 Å². The molecule has 2 N–H and O–H groups in total. The topological polar surface area (TPSA) is 134 Å². The number of hydrogen-bond donors (Lipinski definition) is 2. The van der Waals surface area contributed by atoms with Crippen molar-refractivity contribution in [3.8, 4) is 10.6 Å². The van der Waals surface area contributed by atoms with Crippen LogP contribution in [0.2, 0.25) is 0 Å². The van der Waals surface area contributed by atoms with E-state index in [1.54, 1.807) is 6.07 Å². The Labute approximate surface area is 272 Å². The van der Waals surface area contributed by atoms with Gasteiger partial charge in [-0.3, -0.25) is 19.1 Å². The number of amides is 3. The number of rotatable bonds is 8. The Morgan fingerprint density at radius 3 is 2.49 bits per heavy atom. The minimum atomic E-state index is -4.62. The number of hydrogen-bond acceptors (Lipinski definition) is 7. The number of halogens is 3. The van der Waals surface area contributed by atoms with Crippen LogP contribution in [0.15, 0.2) is 64.9 Å². The molecule has 0 bridgehead atoms. The summed E-state index contributed by atoms with van der Waals surface area (Å²) in [5.41, 5.74) is -0.397. The van der Waals surface area contributed by atoms with Crippen molar-refractivity contribution >= 4 is 55.5 Å². The quantitative estimate of drug-likeness (QED) is 0.285. The first kappa shape index (κ1) is 32.7. The number of fused-ring (bicyclic) bond motifs is 1. The zero-order valence-corrected chi connectivity index (χ0v) is 26.8. The standard InChI is InChI=1S/C31H31F3N6O5S2/c1-38-26(31(32,33)34)17-23(36-38)25-12-13-28(46-25)47(44,45)37-22-8-4-14-39(30(22)43)18-27(41)40-15-5-9-24(40)29(42)35-21-11-10-19-6-2-3-7-20(19)16-21/h2-3,6-7,10-13,16-17,22,24,37H,4-5,8-9,14-15,18H2,1H3,(H,35,42). The lowest BCUT2D eigenvalue weighted by molar-refractivity contribution is -0.144. The summed E-state index contributed by atoms with van der Waals surface area (Å²) < 4.78 is 68.9. The molecule has 2 aromatic carbocycles. The van der Waals surface area contributed by atoms with Gasteiger partial charge in [0.2, 0.25) is 17.7 Å². The Morgan fingerprint density at radius 2 is 1.74 bits per heavy atom. The fourth-order valence-corrected chi connectivity index (χ4v) is 8.49. The van der Waals surface area contributed by atoms with Gasteiger partial charge in [-0.25, -0.2) is 8.42 Å². The van der Waals surface area contributed by atoms with E-state index >= 15 is 0 Å². The zero-order chi connectivity index (χ0) is 33.5. The number of carbonyl (C=O) groups excluding carboxylic acids is 3. The van der Waals surface area contributed by atoms with Crippen molar-refractivity contribution in [2.75, 3.05) is 25.0 Å². The summed E-state index contributed by atoms with van der Waals surface area (Å²) in [5.74, 6) is -1.30. The number of piperidine rings is 1. The molecule has 2 aromatic heterocycles. The third-order valence-electron chi connectivity index (χ3n) is 8.32. The van der Waals surface area contributed by atoms with E-state index in [0.29, 0.717) is 36.2 Å². The number of alkyl halides is 3. The zero-order valence-electron chi connectivity index (χ0n) is 25.2. The minimum absolute atomic E-state index is 0.0316. The summed E-state index contributed by atoms with van der Waals surface area (Å²) in [5, 5.41) is 8.75. The van der Waals surface area contributed by atoms with Gasteiger partial charge in [0.05, 0.1) is 11.4 Å². The van der Waals surface area contributed by atoms with E-state index in [9.17, 15) is 36.0 Å². The van der Waals surface area contributed by atoms with Crippen molar-refractivity contribution in [1.82, 2.24) is 24.3 Å². The number of anilines is 1. The van der Waals surface area contributed by atoms with Gasteiger partial charge in [0.15, 0.2) is 0 Å². The molecule has 0 saturated carbocycles. The molecule has 0 spiro atoms. The molecule has 4 heterocycles. The third-order valence-corrected chi connectivity index (χ3v) is 11.4. The first-order valence-electron chi connectivity index (χ1n) is 14.9. The fourth-order valence-electron chi connectivity index (χ4n) is 5.99. The second-order valence-electron chi connectivity index (χ2n) is 11.5. The molecule has 2 fully saturated rings. The van der Waals surface area contributed by atoms with Crippen molar-refractivity contribution in [3.63, 3.8) is 0 Å². The molecule has 4 aromatic rings. The van der Waals surface area contributed by atoms with Gasteiger partial charge >= 0.3 is 6.18 Å². The van der Waals surface area contributed by atoms with Crippen LogP contribution in [0.3, 0.4) is 0 Å². The molecule has 11 nitrogen and oxygen atoms in total. The van der Waals surface area contributed by atoms with Gasteiger partial charge in [-0.2, -0.15) is 23.0 Å². The Bertz CT molecular complexity index is 1960. The number of benzene rings is 2. The van der Waals surface area contributed by atoms with Crippen molar-refractivity contribution < 1.29 is 36.0 Å². The average molecular weight is 689 g/mol. The minimum Gasteiger partial charge on any atom is -0.332 e. The second-order valence-corrected chi connectivity index (χ2v) is 14.6. The number of aromatic nitrogens is 2. The number of thiophene rings is 1. The van der Waals surface area contributed by atoms with Crippen molar-refractivity contribution in [2.45, 2.75) is 48.2 Å². The molecule has 2 aliphatic heterocycles. The van der Waals surface area contributed by atoms with Gasteiger partial charge in [-0.15, -0.1) is 11.3 Å². The predicted molar refractivity (Wildman–Crippen MR) is 169 cm³/mol. The van der Waals surface area contributed by atoms with E-state index in [-0.39, 0.29) is 40.2 Å². The van der Waals surface area contributed by atoms with Crippen LogP contribution in [-0.2, 0) is 37.6 Å². The maximum atomic E-state index is 13.4. The summed E-state index contributed by atoms with van der Waals surface area (Å²) >= 11 is 0.730. The summed E-state index contributed by atoms with van der Waals surface area (Å²) in [6.45, 7) is 0.296. The van der Waals surface area contributed by atoms with E-state index in [0.717, 1.165) is 35.2 Å². The number of likely N-dealkylation sites (tertiary alicyclic amines) is 2. The first-order chi connectivity index (χ1) is 22.3. The largest absolute Gasteiger partial charge is 0.433 e. The van der Waals surface area contributed by atoms with E-state index in [4.69, 9.17) is 0 Å². The Kier molecular flexibility index (Phi) is 8.84. The Morgan fingerprint density at radius 1 is 1.00 bits per heavy atom. The SMILES string of the molecule is Cn1nc(-c2ccc(S(=O)(=O)NC3CCCN(CC(=O)N4CCCC4C(=O)Nc4ccc5ccccc5c4)C3=O)s2)cc1C(F)(F)F. The molecular weight excluding hydrogens is 658 g/mol. The van der Waals surface area contributed by atoms with Gasteiger partial charge in [0.1, 0.15) is 27.7 Å². The van der Waals surface area contributed by atoms with Crippen LogP contribution in [0.1, 0.15) is 31.4 Å². The number of nitrogens with one attached hydrogen (secondary N) is 2. The number of sulfonamides is 1. The van der Waals surface area contributed by atoms with Crippen LogP contribution in [0.25, 0.3) is 21.3 Å². The number of carbonyl (C=O) groups is 3. The predicted octanol–water partition coefficient (Wildman–Crippen LogP) is 4.22. The molecule has 0 radical (unpaired) electrons. The van der Waals surface area contributed by atoms with E-state index in [1.165, 1.54) is 21.9 Å². The lowest BCUT2D eigenvalue weighted by Crippen LogP contribution is -2.55. The molecule has 16 heteroatoms. The van der Waals surface area contributed by atoms with Crippen LogP contribution >= 0.6 is 11.3 Å². The van der Waals surface area contributed by atoms with Crippen LogP contribution < -0.4 is 10.0 Å². The molecule has 248 valence electrons. The van der Waals surface area contributed by atoms with Crippen molar-refractivity contribution in [2.24, 2.45) is 7.05 Å². The van der Waals surface area contributed by atoms with Crippen molar-refractivity contribution in [1.29, 1.82) is 0 Å². The highest BCUT2D eigenvalue weighted by atomic mass is 32.2. The molecule has 2 saturated heterocycles. The molecular formula is C31H31F3N6O5S2. The summed E-state index contributed by atoms with van der Waals surface area (Å²) in [6.07, 6.45) is -2.89. The van der Waals surface area contributed by atoms with Crippen LogP contribution in [0, 0.1) is 0 Å². The van der Waals surface area contributed by atoms with Crippen molar-refractivity contribution in [3.05, 3.63) is 66.4 Å². The van der Waals surface area contributed by atoms with E-state index in [1.807, 2.05) is 36.4 Å². The number of aryl methyl sites for hydroxylation is 1. The van der Waals surface area contributed by atoms with Crippen LogP contribution in [-0.4, -0.2) is 77.4 Å². The Balaban J connectivity index is 1.08. The molecule has 6 rings (SSSR count). The maximum absolute atomic E-state index is 13.4. The maximum Gasteiger partial charge on any atom is 0.433 e. The Hall–Kier alpha value is -4.28. The summed E-state index contributed by atoms with van der Waals surface area (Å²) in [4.78, 5) is 42.9. The molecule has 2 aliphatic rings. The van der Waals surface area contributed by atoms with E-state index in [2.05, 4.69) is 15.1 Å². The van der Waals surface area contributed by atoms with Gasteiger partial charge in [0.25, 0.3) is 10.0 Å². The smallest absolute Gasteiger partial charge is 0.332 e. The lowest BCUT2D eigenvalue weighted by atomic mass is 10.1. The van der Waals surface area contributed by atoms with Gasteiger partial charge in [-0.1, -0.05) is 30.3 Å². The average Bonchev–Trinajstić information content (AvgIpc) is 3.79. The highest BCUT2D eigenvalue weighted by Crippen LogP contribution is 2.35. The van der Waals surface area contributed by atoms with Gasteiger partial charge < -0.3 is 15.1 Å².